The van der Waals surface area contributed by atoms with E-state index in [2.05, 4.69) is 4.57 Å². The number of rotatable bonds is 7. The van der Waals surface area contributed by atoms with Crippen LogP contribution in [0.1, 0.15) is 40.2 Å². The molecule has 2 aromatic rings. The summed E-state index contributed by atoms with van der Waals surface area (Å²) in [5.74, 6) is 0.180. The van der Waals surface area contributed by atoms with Crippen LogP contribution in [0, 0.1) is 13.8 Å². The highest BCUT2D eigenvalue weighted by Gasteiger charge is 2.29. The number of aromatic hydroxyl groups is 1. The summed E-state index contributed by atoms with van der Waals surface area (Å²) in [4.78, 5) is 15.1. The predicted molar refractivity (Wildman–Crippen MR) is 124 cm³/mol. The third-order valence-electron chi connectivity index (χ3n) is 6.13. The van der Waals surface area contributed by atoms with Crippen molar-refractivity contribution < 1.29 is 18.3 Å². The second kappa shape index (κ2) is 8.96. The number of ketones is 1. The first kappa shape index (κ1) is 22.4. The van der Waals surface area contributed by atoms with Crippen LogP contribution >= 0.6 is 0 Å². The van der Waals surface area contributed by atoms with Crippen LogP contribution in [0.4, 0.5) is 0 Å². The van der Waals surface area contributed by atoms with E-state index in [0.29, 0.717) is 31.7 Å². The summed E-state index contributed by atoms with van der Waals surface area (Å²) in [5, 5.41) is 9.49. The minimum atomic E-state index is -3.51. The van der Waals surface area contributed by atoms with Crippen LogP contribution in [-0.2, 0) is 16.6 Å². The molecule has 170 valence electrons. The Kier molecular flexibility index (Phi) is 6.26. The lowest BCUT2D eigenvalue weighted by Crippen LogP contribution is -2.33. The third kappa shape index (κ3) is 4.52. The van der Waals surface area contributed by atoms with E-state index in [1.807, 2.05) is 32.0 Å². The number of phenolic OH excluding ortho intramolecular Hbond substituents is 1. The molecule has 1 aromatic heterocycles. The quantitative estimate of drug-likeness (QED) is 0.649. The number of aryl methyl sites for hydroxylation is 1. The Labute approximate surface area is 189 Å². The Morgan fingerprint density at radius 2 is 1.78 bits per heavy atom. The smallest absolute Gasteiger partial charge is 0.244 e. The first-order valence-corrected chi connectivity index (χ1v) is 12.3. The first-order chi connectivity index (χ1) is 15.3. The van der Waals surface area contributed by atoms with Gasteiger partial charge in [0.1, 0.15) is 5.75 Å². The van der Waals surface area contributed by atoms with Gasteiger partial charge in [-0.15, -0.1) is 0 Å². The lowest BCUT2D eigenvalue weighted by molar-refractivity contribution is 0.0958. The molecule has 2 aliphatic rings. The largest absolute Gasteiger partial charge is 0.508 e. The molecular weight excluding hydrogens is 426 g/mol. The SMILES string of the molecule is Cc1cc(C(=O)CN2C=C(S(=O)(=O)N3CCCC3)C=CC2)c(C)n1Cc1ccc(O)cc1. The molecule has 1 N–H and O–H groups in total. The van der Waals surface area contributed by atoms with E-state index in [4.69, 9.17) is 0 Å². The second-order valence-corrected chi connectivity index (χ2v) is 10.4. The van der Waals surface area contributed by atoms with Crippen molar-refractivity contribution in [3.63, 3.8) is 0 Å². The van der Waals surface area contributed by atoms with Gasteiger partial charge in [-0.3, -0.25) is 4.79 Å². The van der Waals surface area contributed by atoms with Gasteiger partial charge >= 0.3 is 0 Å². The van der Waals surface area contributed by atoms with Crippen molar-refractivity contribution in [1.82, 2.24) is 13.8 Å². The van der Waals surface area contributed by atoms with Gasteiger partial charge in [-0.05, 0) is 56.5 Å². The number of hydrogen-bond acceptors (Lipinski definition) is 5. The van der Waals surface area contributed by atoms with Crippen molar-refractivity contribution in [2.24, 2.45) is 0 Å². The topological polar surface area (TPSA) is 82.9 Å². The number of benzene rings is 1. The molecule has 0 unspecified atom stereocenters. The molecule has 3 heterocycles. The summed E-state index contributed by atoms with van der Waals surface area (Å²) < 4.78 is 29.3. The third-order valence-corrected chi connectivity index (χ3v) is 8.01. The van der Waals surface area contributed by atoms with E-state index in [1.165, 1.54) is 4.31 Å². The Balaban J connectivity index is 1.50. The number of carbonyl (C=O) groups is 1. The molecule has 0 bridgehead atoms. The van der Waals surface area contributed by atoms with Crippen molar-refractivity contribution in [3.8, 4) is 5.75 Å². The average molecular weight is 456 g/mol. The molecule has 0 amide bonds. The van der Waals surface area contributed by atoms with Crippen molar-refractivity contribution in [2.45, 2.75) is 33.2 Å². The van der Waals surface area contributed by atoms with Gasteiger partial charge in [-0.25, -0.2) is 8.42 Å². The molecule has 0 saturated carbocycles. The molecule has 2 aliphatic heterocycles. The Hall–Kier alpha value is -2.84. The first-order valence-electron chi connectivity index (χ1n) is 10.9. The molecule has 1 aromatic carbocycles. The van der Waals surface area contributed by atoms with Gasteiger partial charge in [0.25, 0.3) is 0 Å². The second-order valence-electron chi connectivity index (χ2n) is 8.44. The standard InChI is InChI=1S/C24H29N3O4S/c1-18-14-23(19(2)27(18)15-20-7-9-21(28)10-8-20)24(29)17-25-11-5-6-22(16-25)32(30,31)26-12-3-4-13-26/h5-10,14,16,28H,3-4,11-13,15,17H2,1-2H3. The monoisotopic (exact) mass is 455 g/mol. The van der Waals surface area contributed by atoms with E-state index in [0.717, 1.165) is 29.8 Å². The molecular formula is C24H29N3O4S. The zero-order valence-corrected chi connectivity index (χ0v) is 19.3. The van der Waals surface area contributed by atoms with Gasteiger partial charge in [-0.2, -0.15) is 4.31 Å². The minimum absolute atomic E-state index is 0.0421. The number of Topliss-reactive ketones (excluding diaryl/α,β-unsaturated/α-hetero) is 1. The van der Waals surface area contributed by atoms with E-state index in [9.17, 15) is 18.3 Å². The highest BCUT2D eigenvalue weighted by molar-refractivity contribution is 7.93. The van der Waals surface area contributed by atoms with Crippen LogP contribution in [0.3, 0.4) is 0 Å². The predicted octanol–water partition coefficient (Wildman–Crippen LogP) is 3.18. The van der Waals surface area contributed by atoms with E-state index < -0.39 is 10.0 Å². The normalized spacial score (nSPS) is 17.1. The lowest BCUT2D eigenvalue weighted by Gasteiger charge is -2.24. The van der Waals surface area contributed by atoms with Crippen LogP contribution in [0.25, 0.3) is 0 Å². The van der Waals surface area contributed by atoms with Crippen molar-refractivity contribution in [3.05, 3.63) is 76.1 Å². The van der Waals surface area contributed by atoms with Gasteiger partial charge in [-0.1, -0.05) is 18.2 Å². The van der Waals surface area contributed by atoms with E-state index >= 15 is 0 Å². The highest BCUT2D eigenvalue weighted by atomic mass is 32.2. The van der Waals surface area contributed by atoms with Crippen LogP contribution < -0.4 is 0 Å². The number of phenols is 1. The van der Waals surface area contributed by atoms with Crippen LogP contribution in [0.5, 0.6) is 5.75 Å². The molecule has 32 heavy (non-hydrogen) atoms. The molecule has 4 rings (SSSR count). The van der Waals surface area contributed by atoms with Gasteiger partial charge < -0.3 is 14.6 Å². The maximum atomic E-state index is 13.1. The Bertz CT molecular complexity index is 1170. The molecule has 1 saturated heterocycles. The summed E-state index contributed by atoms with van der Waals surface area (Å²) in [6, 6.07) is 8.92. The molecule has 0 atom stereocenters. The summed E-state index contributed by atoms with van der Waals surface area (Å²) in [6.07, 6.45) is 6.81. The van der Waals surface area contributed by atoms with Crippen molar-refractivity contribution in [1.29, 1.82) is 0 Å². The zero-order valence-electron chi connectivity index (χ0n) is 18.5. The van der Waals surface area contributed by atoms with Crippen LogP contribution in [0.15, 0.2) is 53.6 Å². The minimum Gasteiger partial charge on any atom is -0.508 e. The number of nitrogens with zero attached hydrogens (tertiary/aromatic N) is 3. The number of aromatic nitrogens is 1. The maximum absolute atomic E-state index is 13.1. The van der Waals surface area contributed by atoms with E-state index in [-0.39, 0.29) is 23.0 Å². The fourth-order valence-electron chi connectivity index (χ4n) is 4.30. The van der Waals surface area contributed by atoms with E-state index in [1.54, 1.807) is 35.4 Å². The number of hydrogen-bond donors (Lipinski definition) is 1. The number of carbonyl (C=O) groups excluding carboxylic acids is 1. The van der Waals surface area contributed by atoms with Crippen molar-refractivity contribution >= 4 is 15.8 Å². The number of allylic oxidation sites excluding steroid dienone is 1. The molecule has 0 spiro atoms. The van der Waals surface area contributed by atoms with Gasteiger partial charge in [0.15, 0.2) is 5.78 Å². The summed E-state index contributed by atoms with van der Waals surface area (Å²) >= 11 is 0. The molecule has 8 heteroatoms. The molecule has 1 fully saturated rings. The van der Waals surface area contributed by atoms with Gasteiger partial charge in [0.2, 0.25) is 10.0 Å². The Morgan fingerprint density at radius 3 is 2.47 bits per heavy atom. The average Bonchev–Trinajstić information content (AvgIpc) is 3.40. The fraction of sp³-hybridized carbons (Fsp3) is 0.375. The zero-order chi connectivity index (χ0) is 22.9. The fourth-order valence-corrected chi connectivity index (χ4v) is 5.89. The summed E-state index contributed by atoms with van der Waals surface area (Å²) in [5.41, 5.74) is 3.53. The summed E-state index contributed by atoms with van der Waals surface area (Å²) in [6.45, 7) is 6.23. The van der Waals surface area contributed by atoms with Crippen LogP contribution in [-0.4, -0.2) is 59.3 Å². The van der Waals surface area contributed by atoms with Crippen molar-refractivity contribution in [2.75, 3.05) is 26.2 Å². The van der Waals surface area contributed by atoms with Gasteiger partial charge in [0, 0.05) is 49.3 Å². The Morgan fingerprint density at radius 1 is 1.09 bits per heavy atom. The molecule has 7 nitrogen and oxygen atoms in total. The number of sulfonamides is 1. The molecule has 0 radical (unpaired) electrons. The van der Waals surface area contributed by atoms with Crippen LogP contribution in [0.2, 0.25) is 0 Å². The molecule has 0 aliphatic carbocycles. The lowest BCUT2D eigenvalue weighted by atomic mass is 10.1. The maximum Gasteiger partial charge on any atom is 0.244 e. The van der Waals surface area contributed by atoms with Gasteiger partial charge in [0.05, 0.1) is 11.4 Å². The highest BCUT2D eigenvalue weighted by Crippen LogP contribution is 2.24. The summed E-state index contributed by atoms with van der Waals surface area (Å²) in [7, 11) is -3.51.